The van der Waals surface area contributed by atoms with E-state index in [0.29, 0.717) is 6.54 Å². The van der Waals surface area contributed by atoms with Crippen LogP contribution in [0.4, 0.5) is 0 Å². The van der Waals surface area contributed by atoms with Gasteiger partial charge in [-0.2, -0.15) is 5.10 Å². The van der Waals surface area contributed by atoms with Gasteiger partial charge in [0, 0.05) is 31.4 Å². The van der Waals surface area contributed by atoms with Gasteiger partial charge in [0.15, 0.2) is 0 Å². The fourth-order valence-electron chi connectivity index (χ4n) is 2.21. The van der Waals surface area contributed by atoms with Crippen molar-refractivity contribution in [1.82, 2.24) is 20.0 Å². The van der Waals surface area contributed by atoms with Gasteiger partial charge in [0.05, 0.1) is 32.6 Å². The monoisotopic (exact) mass is 268 g/mol. The van der Waals surface area contributed by atoms with Crippen LogP contribution in [0.25, 0.3) is 0 Å². The Labute approximate surface area is 114 Å². The average Bonchev–Trinajstić information content (AvgIpc) is 2.88. The van der Waals surface area contributed by atoms with E-state index in [-0.39, 0.29) is 6.61 Å². The summed E-state index contributed by atoms with van der Waals surface area (Å²) in [5, 5.41) is 16.4. The van der Waals surface area contributed by atoms with E-state index in [4.69, 9.17) is 9.84 Å². The van der Waals surface area contributed by atoms with Gasteiger partial charge < -0.3 is 15.2 Å². The van der Waals surface area contributed by atoms with Gasteiger partial charge >= 0.3 is 0 Å². The molecule has 0 unspecified atom stereocenters. The summed E-state index contributed by atoms with van der Waals surface area (Å²) in [5.74, 6) is 0. The molecule has 0 atom stereocenters. The van der Waals surface area contributed by atoms with Crippen molar-refractivity contribution in [3.8, 4) is 0 Å². The number of nitrogens with one attached hydrogen (secondary N) is 1. The highest BCUT2D eigenvalue weighted by atomic mass is 16.5. The molecule has 0 aromatic carbocycles. The summed E-state index contributed by atoms with van der Waals surface area (Å²) in [6.07, 6.45) is 4.99. The number of morpholine rings is 1. The third-order valence-electron chi connectivity index (χ3n) is 3.28. The highest BCUT2D eigenvalue weighted by molar-refractivity contribution is 5.03. The van der Waals surface area contributed by atoms with Crippen molar-refractivity contribution in [3.63, 3.8) is 0 Å². The SMILES string of the molecule is OCCn1cc(CNCCCN2CCOCC2)cn1. The Kier molecular flexibility index (Phi) is 6.29. The van der Waals surface area contributed by atoms with Crippen LogP contribution >= 0.6 is 0 Å². The van der Waals surface area contributed by atoms with E-state index >= 15 is 0 Å². The summed E-state index contributed by atoms with van der Waals surface area (Å²) in [7, 11) is 0. The van der Waals surface area contributed by atoms with Gasteiger partial charge in [0.2, 0.25) is 0 Å². The molecule has 0 radical (unpaired) electrons. The smallest absolute Gasteiger partial charge is 0.0640 e. The first-order valence-electron chi connectivity index (χ1n) is 7.01. The molecule has 1 aromatic heterocycles. The van der Waals surface area contributed by atoms with Gasteiger partial charge in [-0.25, -0.2) is 0 Å². The van der Waals surface area contributed by atoms with E-state index in [1.54, 1.807) is 4.68 Å². The number of aromatic nitrogens is 2. The predicted octanol–water partition coefficient (Wildman–Crippen LogP) is -0.313. The minimum absolute atomic E-state index is 0.133. The molecular formula is C13H24N4O2. The lowest BCUT2D eigenvalue weighted by Crippen LogP contribution is -2.37. The molecule has 2 N–H and O–H groups in total. The van der Waals surface area contributed by atoms with Crippen LogP contribution in [0, 0.1) is 0 Å². The standard InChI is InChI=1S/C13H24N4O2/c18-7-4-17-12-13(11-15-17)10-14-2-1-3-16-5-8-19-9-6-16/h11-12,14,18H,1-10H2. The first kappa shape index (κ1) is 14.5. The van der Waals surface area contributed by atoms with Crippen LogP contribution in [0.2, 0.25) is 0 Å². The molecule has 108 valence electrons. The van der Waals surface area contributed by atoms with Gasteiger partial charge in [0.1, 0.15) is 0 Å². The van der Waals surface area contributed by atoms with Crippen LogP contribution in [0.15, 0.2) is 12.4 Å². The minimum Gasteiger partial charge on any atom is -0.394 e. The predicted molar refractivity (Wildman–Crippen MR) is 72.9 cm³/mol. The number of hydrogen-bond acceptors (Lipinski definition) is 5. The van der Waals surface area contributed by atoms with Crippen molar-refractivity contribution < 1.29 is 9.84 Å². The summed E-state index contributed by atoms with van der Waals surface area (Å²) in [5.41, 5.74) is 1.17. The quantitative estimate of drug-likeness (QED) is 0.633. The van der Waals surface area contributed by atoms with E-state index in [1.165, 1.54) is 5.56 Å². The molecule has 1 aliphatic heterocycles. The fraction of sp³-hybridized carbons (Fsp3) is 0.769. The second kappa shape index (κ2) is 8.27. The Morgan fingerprint density at radius 3 is 2.95 bits per heavy atom. The van der Waals surface area contributed by atoms with Crippen molar-refractivity contribution in [1.29, 1.82) is 0 Å². The number of ether oxygens (including phenoxy) is 1. The Balaban J connectivity index is 1.53. The zero-order chi connectivity index (χ0) is 13.3. The highest BCUT2D eigenvalue weighted by Gasteiger charge is 2.08. The largest absolute Gasteiger partial charge is 0.394 e. The number of aliphatic hydroxyl groups excluding tert-OH is 1. The van der Waals surface area contributed by atoms with Crippen LogP contribution < -0.4 is 5.32 Å². The molecule has 1 saturated heterocycles. The van der Waals surface area contributed by atoms with Gasteiger partial charge in [0.25, 0.3) is 0 Å². The number of nitrogens with zero attached hydrogens (tertiary/aromatic N) is 3. The topological polar surface area (TPSA) is 62.5 Å². The summed E-state index contributed by atoms with van der Waals surface area (Å²) >= 11 is 0. The van der Waals surface area contributed by atoms with Crippen LogP contribution in [-0.4, -0.2) is 65.8 Å². The molecule has 2 rings (SSSR count). The zero-order valence-corrected chi connectivity index (χ0v) is 11.4. The van der Waals surface area contributed by atoms with Crippen LogP contribution in [0.1, 0.15) is 12.0 Å². The lowest BCUT2D eigenvalue weighted by atomic mass is 10.3. The Morgan fingerprint density at radius 1 is 1.32 bits per heavy atom. The molecular weight excluding hydrogens is 244 g/mol. The molecule has 2 heterocycles. The summed E-state index contributed by atoms with van der Waals surface area (Å²) < 4.78 is 7.09. The maximum absolute atomic E-state index is 8.81. The van der Waals surface area contributed by atoms with Crippen LogP contribution in [-0.2, 0) is 17.8 Å². The van der Waals surface area contributed by atoms with E-state index < -0.39 is 0 Å². The van der Waals surface area contributed by atoms with E-state index in [2.05, 4.69) is 15.3 Å². The second-order valence-electron chi connectivity index (χ2n) is 4.82. The molecule has 6 heteroatoms. The Hall–Kier alpha value is -0.950. The third-order valence-corrected chi connectivity index (χ3v) is 3.28. The van der Waals surface area contributed by atoms with Crippen LogP contribution in [0.3, 0.4) is 0 Å². The third kappa shape index (κ3) is 5.28. The van der Waals surface area contributed by atoms with E-state index in [1.807, 2.05) is 12.4 Å². The maximum atomic E-state index is 8.81. The number of aliphatic hydroxyl groups is 1. The van der Waals surface area contributed by atoms with Crippen molar-refractivity contribution in [2.45, 2.75) is 19.5 Å². The summed E-state index contributed by atoms with van der Waals surface area (Å²) in [4.78, 5) is 2.45. The fourth-order valence-corrected chi connectivity index (χ4v) is 2.21. The molecule has 19 heavy (non-hydrogen) atoms. The maximum Gasteiger partial charge on any atom is 0.0640 e. The van der Waals surface area contributed by atoms with Crippen molar-refractivity contribution >= 4 is 0 Å². The minimum atomic E-state index is 0.133. The van der Waals surface area contributed by atoms with Crippen LogP contribution in [0.5, 0.6) is 0 Å². The van der Waals surface area contributed by atoms with Gasteiger partial charge in [-0.15, -0.1) is 0 Å². The molecule has 0 amide bonds. The highest BCUT2D eigenvalue weighted by Crippen LogP contribution is 1.99. The molecule has 1 aromatic rings. The molecule has 0 bridgehead atoms. The molecule has 0 spiro atoms. The normalized spacial score (nSPS) is 16.9. The van der Waals surface area contributed by atoms with Crippen molar-refractivity contribution in [3.05, 3.63) is 18.0 Å². The lowest BCUT2D eigenvalue weighted by Gasteiger charge is -2.26. The van der Waals surface area contributed by atoms with E-state index in [0.717, 1.165) is 52.4 Å². The average molecular weight is 268 g/mol. The molecule has 0 saturated carbocycles. The lowest BCUT2D eigenvalue weighted by molar-refractivity contribution is 0.0374. The van der Waals surface area contributed by atoms with Gasteiger partial charge in [-0.3, -0.25) is 9.58 Å². The Bertz CT molecular complexity index is 350. The zero-order valence-electron chi connectivity index (χ0n) is 11.4. The molecule has 1 aliphatic rings. The summed E-state index contributed by atoms with van der Waals surface area (Å²) in [6.45, 7) is 7.57. The molecule has 1 fully saturated rings. The molecule has 6 nitrogen and oxygen atoms in total. The van der Waals surface area contributed by atoms with Crippen molar-refractivity contribution in [2.24, 2.45) is 0 Å². The first-order chi connectivity index (χ1) is 9.38. The number of hydrogen-bond donors (Lipinski definition) is 2. The molecule has 0 aliphatic carbocycles. The summed E-state index contributed by atoms with van der Waals surface area (Å²) in [6, 6.07) is 0. The number of rotatable bonds is 8. The van der Waals surface area contributed by atoms with Crippen molar-refractivity contribution in [2.75, 3.05) is 46.0 Å². The Morgan fingerprint density at radius 2 is 2.16 bits per heavy atom. The van der Waals surface area contributed by atoms with Gasteiger partial charge in [-0.05, 0) is 19.5 Å². The van der Waals surface area contributed by atoms with E-state index in [9.17, 15) is 0 Å². The second-order valence-corrected chi connectivity index (χ2v) is 4.82. The van der Waals surface area contributed by atoms with Gasteiger partial charge in [-0.1, -0.05) is 0 Å². The first-order valence-corrected chi connectivity index (χ1v) is 7.01.